The van der Waals surface area contributed by atoms with Gasteiger partial charge in [0.1, 0.15) is 23.8 Å². The molecule has 4 amide bonds. The lowest BCUT2D eigenvalue weighted by atomic mass is 10.0. The first-order chi connectivity index (χ1) is 28.9. The number of anilines is 1. The van der Waals surface area contributed by atoms with Crippen molar-refractivity contribution in [3.63, 3.8) is 0 Å². The second-order valence-electron chi connectivity index (χ2n) is 14.9. The Bertz CT molecular complexity index is 2210. The number of hydrogen-bond donors (Lipinski definition) is 5. The zero-order valence-electron chi connectivity index (χ0n) is 34.9. The number of sulfonamides is 1. The van der Waals surface area contributed by atoms with E-state index >= 15 is 0 Å². The van der Waals surface area contributed by atoms with Crippen LogP contribution in [0.3, 0.4) is 0 Å². The molecule has 0 spiro atoms. The van der Waals surface area contributed by atoms with Crippen LogP contribution in [-0.2, 0) is 42.2 Å². The van der Waals surface area contributed by atoms with Gasteiger partial charge in [0.25, 0.3) is 11.8 Å². The third-order valence-electron chi connectivity index (χ3n) is 9.81. The molecule has 17 heteroatoms. The second kappa shape index (κ2) is 22.2. The van der Waals surface area contributed by atoms with Gasteiger partial charge in [0.05, 0.1) is 43.3 Å². The molecular formula is C44H53F2N5O9S. The highest BCUT2D eigenvalue weighted by Crippen LogP contribution is 2.23. The smallest absolute Gasteiger partial charge is 0.251 e. The summed E-state index contributed by atoms with van der Waals surface area (Å²) in [5.41, 5.74) is 1.53. The van der Waals surface area contributed by atoms with Gasteiger partial charge in [-0.2, -0.15) is 0 Å². The molecule has 0 aromatic heterocycles. The Hall–Kier alpha value is -5.75. The van der Waals surface area contributed by atoms with Crippen molar-refractivity contribution >= 4 is 39.3 Å². The molecule has 328 valence electrons. The first kappa shape index (κ1) is 47.9. The molecule has 0 unspecified atom stereocenters. The predicted molar refractivity (Wildman–Crippen MR) is 226 cm³/mol. The molecule has 0 aliphatic carbocycles. The molecule has 0 heterocycles. The minimum absolute atomic E-state index is 0.0160. The van der Waals surface area contributed by atoms with E-state index in [2.05, 4.69) is 21.3 Å². The maximum absolute atomic E-state index is 14.0. The van der Waals surface area contributed by atoms with E-state index in [9.17, 15) is 41.5 Å². The number of carbonyl (C=O) groups is 4. The Labute approximate surface area is 355 Å². The number of aliphatic hydroxyl groups is 1. The zero-order valence-corrected chi connectivity index (χ0v) is 35.7. The van der Waals surface area contributed by atoms with Crippen LogP contribution in [-0.4, -0.2) is 88.5 Å². The van der Waals surface area contributed by atoms with E-state index < -0.39 is 88.6 Å². The van der Waals surface area contributed by atoms with Gasteiger partial charge in [-0.1, -0.05) is 74.5 Å². The van der Waals surface area contributed by atoms with Gasteiger partial charge in [0.15, 0.2) is 0 Å². The molecule has 4 aromatic rings. The number of halogens is 2. The fourth-order valence-electron chi connectivity index (χ4n) is 6.22. The Morgan fingerprint density at radius 2 is 1.34 bits per heavy atom. The van der Waals surface area contributed by atoms with Crippen molar-refractivity contribution in [3.05, 3.63) is 137 Å². The lowest BCUT2D eigenvalue weighted by molar-refractivity contribution is -0.137. The number of rotatable bonds is 21. The van der Waals surface area contributed by atoms with Gasteiger partial charge in [-0.3, -0.25) is 23.5 Å². The van der Waals surface area contributed by atoms with Crippen LogP contribution in [0.4, 0.5) is 14.5 Å². The normalized spacial score (nSPS) is 13.9. The van der Waals surface area contributed by atoms with E-state index in [1.807, 2.05) is 60.7 Å². The Balaban J connectivity index is 1.59. The van der Waals surface area contributed by atoms with Crippen LogP contribution in [0.25, 0.3) is 0 Å². The molecule has 0 aliphatic heterocycles. The predicted octanol–water partition coefficient (Wildman–Crippen LogP) is 4.39. The average Bonchev–Trinajstić information content (AvgIpc) is 3.22. The molecular weight excluding hydrogens is 813 g/mol. The third kappa shape index (κ3) is 14.4. The number of nitrogens with zero attached hydrogens (tertiary/aromatic N) is 1. The fraction of sp³-hybridized carbons (Fsp3) is 0.364. The van der Waals surface area contributed by atoms with Crippen LogP contribution in [0.5, 0.6) is 0 Å². The summed E-state index contributed by atoms with van der Waals surface area (Å²) in [5, 5.41) is 22.6. The number of methoxy groups -OCH3 is 1. The first-order valence-electron chi connectivity index (χ1n) is 19.5. The highest BCUT2D eigenvalue weighted by atomic mass is 32.2. The maximum Gasteiger partial charge on any atom is 0.251 e. The number of nitrogens with one attached hydrogen (secondary N) is 4. The van der Waals surface area contributed by atoms with Crippen molar-refractivity contribution in [2.45, 2.75) is 70.7 Å². The van der Waals surface area contributed by atoms with Crippen LogP contribution in [0.2, 0.25) is 0 Å². The van der Waals surface area contributed by atoms with Gasteiger partial charge in [0.2, 0.25) is 21.8 Å². The molecule has 14 nitrogen and oxygen atoms in total. The monoisotopic (exact) mass is 865 g/mol. The van der Waals surface area contributed by atoms with Crippen LogP contribution in [0.1, 0.15) is 70.6 Å². The second-order valence-corrected chi connectivity index (χ2v) is 17.0. The number of ether oxygens (including phenoxy) is 2. The zero-order chi connectivity index (χ0) is 44.9. The summed E-state index contributed by atoms with van der Waals surface area (Å²) in [7, 11) is -1.39. The van der Waals surface area contributed by atoms with E-state index in [4.69, 9.17) is 9.47 Å². The minimum atomic E-state index is -3.87. The van der Waals surface area contributed by atoms with Crippen LogP contribution in [0.15, 0.2) is 97.1 Å². The summed E-state index contributed by atoms with van der Waals surface area (Å²) in [6, 6.07) is 22.1. The number of carbonyl (C=O) groups excluding carboxylic acids is 4. The van der Waals surface area contributed by atoms with Gasteiger partial charge in [-0.05, 0) is 59.9 Å². The maximum atomic E-state index is 14.0. The lowest BCUT2D eigenvalue weighted by Crippen LogP contribution is -2.54. The Kier molecular flexibility index (Phi) is 17.4. The van der Waals surface area contributed by atoms with Crippen molar-refractivity contribution in [1.29, 1.82) is 0 Å². The average molecular weight is 866 g/mol. The number of amides is 4. The van der Waals surface area contributed by atoms with Crippen molar-refractivity contribution < 1.29 is 51.0 Å². The Morgan fingerprint density at radius 3 is 1.90 bits per heavy atom. The number of benzene rings is 4. The van der Waals surface area contributed by atoms with Gasteiger partial charge in [-0.25, -0.2) is 17.2 Å². The molecule has 5 atom stereocenters. The first-order valence-corrected chi connectivity index (χ1v) is 21.3. The summed E-state index contributed by atoms with van der Waals surface area (Å²) < 4.78 is 65.1. The Morgan fingerprint density at radius 1 is 0.770 bits per heavy atom. The molecule has 4 rings (SSSR count). The number of aliphatic hydroxyl groups excluding tert-OH is 1. The van der Waals surface area contributed by atoms with Gasteiger partial charge >= 0.3 is 0 Å². The van der Waals surface area contributed by atoms with Crippen molar-refractivity contribution in [1.82, 2.24) is 21.3 Å². The molecule has 5 N–H and O–H groups in total. The quantitative estimate of drug-likeness (QED) is 0.0809. The van der Waals surface area contributed by atoms with Crippen molar-refractivity contribution in [2.75, 3.05) is 31.3 Å². The topological polar surface area (TPSA) is 192 Å². The third-order valence-corrected chi connectivity index (χ3v) is 11.0. The molecule has 0 fully saturated rings. The number of hydrogen-bond acceptors (Lipinski definition) is 9. The van der Waals surface area contributed by atoms with Crippen LogP contribution < -0.4 is 25.6 Å². The fourth-order valence-corrected chi connectivity index (χ4v) is 6.71. The highest BCUT2D eigenvalue weighted by molar-refractivity contribution is 7.92. The SMILES string of the molecule is CO[C@H](C[C@H](O)[C@H](COCc1cc(F)cc(F)c1)NC(=O)c1cc(C(=O)N[C@H](C)c2ccccc2)cc(N(C)S(C)(=O)=O)c1)C(=O)N[C@H](C(=O)NCc1ccccc1)C(C)C. The summed E-state index contributed by atoms with van der Waals surface area (Å²) in [6.45, 7) is 4.69. The van der Waals surface area contributed by atoms with E-state index in [0.717, 1.165) is 33.8 Å². The highest BCUT2D eigenvalue weighted by Gasteiger charge is 2.32. The molecule has 0 saturated heterocycles. The van der Waals surface area contributed by atoms with E-state index in [0.29, 0.717) is 6.07 Å². The van der Waals surface area contributed by atoms with E-state index in [1.54, 1.807) is 20.8 Å². The standard InChI is InChI=1S/C44H53F2N5O9S/c1-27(2)40(44(56)47-24-29-13-9-7-10-14-29)50-43(55)39(59-5)23-38(52)37(26-60-25-30-17-34(45)22-35(46)18-30)49-42(54)33-19-32(20-36(21-33)51(4)61(6,57)58)41(53)48-28(3)31-15-11-8-12-16-31/h7-22,27-28,37-40,52H,23-26H2,1-6H3,(H,47,56)(H,48,53)(H,49,54)(H,50,55)/t28-,37+,38+,39-,40+/m1/s1. The lowest BCUT2D eigenvalue weighted by Gasteiger charge is -2.28. The van der Waals surface area contributed by atoms with Crippen LogP contribution >= 0.6 is 0 Å². The van der Waals surface area contributed by atoms with E-state index in [1.165, 1.54) is 32.4 Å². The van der Waals surface area contributed by atoms with Gasteiger partial charge in [-0.15, -0.1) is 0 Å². The summed E-state index contributed by atoms with van der Waals surface area (Å²) in [5.74, 6) is -4.69. The molecule has 0 radical (unpaired) electrons. The van der Waals surface area contributed by atoms with Crippen LogP contribution in [0, 0.1) is 17.6 Å². The largest absolute Gasteiger partial charge is 0.391 e. The molecule has 0 saturated carbocycles. The summed E-state index contributed by atoms with van der Waals surface area (Å²) in [6.07, 6.45) is -2.40. The van der Waals surface area contributed by atoms with Gasteiger partial charge < -0.3 is 35.8 Å². The molecule has 4 aromatic carbocycles. The molecule has 61 heavy (non-hydrogen) atoms. The van der Waals surface area contributed by atoms with Gasteiger partial charge in [0, 0.05) is 44.3 Å². The summed E-state index contributed by atoms with van der Waals surface area (Å²) in [4.78, 5) is 54.4. The van der Waals surface area contributed by atoms with Crippen molar-refractivity contribution in [3.8, 4) is 0 Å². The van der Waals surface area contributed by atoms with E-state index in [-0.39, 0.29) is 41.4 Å². The minimum Gasteiger partial charge on any atom is -0.391 e. The molecule has 0 aliphatic rings. The van der Waals surface area contributed by atoms with Crippen molar-refractivity contribution in [2.24, 2.45) is 5.92 Å². The molecule has 0 bridgehead atoms. The summed E-state index contributed by atoms with van der Waals surface area (Å²) >= 11 is 0.